The number of nitrogens with one attached hydrogen (secondary N) is 1. The lowest BCUT2D eigenvalue weighted by atomic mass is 9.96. The van der Waals surface area contributed by atoms with Crippen LogP contribution in [0.1, 0.15) is 20.3 Å². The molecule has 0 aliphatic carbocycles. The van der Waals surface area contributed by atoms with Gasteiger partial charge in [0.25, 0.3) is 0 Å². The van der Waals surface area contributed by atoms with Crippen molar-refractivity contribution in [2.75, 3.05) is 11.9 Å². The average molecular weight is 256 g/mol. The lowest BCUT2D eigenvalue weighted by Gasteiger charge is -2.17. The van der Waals surface area contributed by atoms with Crippen LogP contribution in [0.5, 0.6) is 0 Å². The fourth-order valence-corrected chi connectivity index (χ4v) is 1.70. The van der Waals surface area contributed by atoms with Crippen molar-refractivity contribution in [3.8, 4) is 0 Å². The standard InChI is InChI=1S/C13H18F2N2O/c1-8(2)5-9(7-16)13(18)17-12-4-3-10(14)6-11(12)15/h3-4,6,8-9H,5,7,16H2,1-2H3,(H,17,18). The van der Waals surface area contributed by atoms with Crippen LogP contribution in [0.2, 0.25) is 0 Å². The van der Waals surface area contributed by atoms with Crippen LogP contribution in [0.4, 0.5) is 14.5 Å². The molecular formula is C13H18F2N2O. The molecule has 18 heavy (non-hydrogen) atoms. The zero-order valence-electron chi connectivity index (χ0n) is 10.5. The molecule has 0 bridgehead atoms. The Morgan fingerprint density at radius 2 is 2.06 bits per heavy atom. The minimum atomic E-state index is -0.788. The van der Waals surface area contributed by atoms with Gasteiger partial charge in [-0.3, -0.25) is 4.79 Å². The van der Waals surface area contributed by atoms with Crippen LogP contribution in [0.3, 0.4) is 0 Å². The molecule has 3 N–H and O–H groups in total. The third-order valence-corrected chi connectivity index (χ3v) is 2.60. The fraction of sp³-hybridized carbons (Fsp3) is 0.462. The zero-order valence-corrected chi connectivity index (χ0v) is 10.5. The molecule has 0 aliphatic heterocycles. The van der Waals surface area contributed by atoms with Crippen LogP contribution >= 0.6 is 0 Å². The summed E-state index contributed by atoms with van der Waals surface area (Å²) in [5.41, 5.74) is 5.50. The lowest BCUT2D eigenvalue weighted by molar-refractivity contribution is -0.120. The van der Waals surface area contributed by atoms with E-state index in [0.717, 1.165) is 12.1 Å². The number of hydrogen-bond donors (Lipinski definition) is 2. The van der Waals surface area contributed by atoms with Crippen LogP contribution in [-0.2, 0) is 4.79 Å². The molecule has 0 saturated carbocycles. The second kappa shape index (κ2) is 6.44. The van der Waals surface area contributed by atoms with E-state index in [2.05, 4.69) is 5.32 Å². The predicted octanol–water partition coefficient (Wildman–Crippen LogP) is 2.52. The maximum atomic E-state index is 13.4. The molecule has 1 rings (SSSR count). The molecule has 0 saturated heterocycles. The van der Waals surface area contributed by atoms with Crippen LogP contribution in [-0.4, -0.2) is 12.5 Å². The summed E-state index contributed by atoms with van der Waals surface area (Å²) in [5.74, 6) is -1.85. The number of benzene rings is 1. The number of halogens is 2. The van der Waals surface area contributed by atoms with Gasteiger partial charge in [0.05, 0.1) is 11.6 Å². The van der Waals surface area contributed by atoms with E-state index in [1.165, 1.54) is 6.07 Å². The molecule has 3 nitrogen and oxygen atoms in total. The van der Waals surface area contributed by atoms with Gasteiger partial charge in [-0.15, -0.1) is 0 Å². The second-order valence-electron chi connectivity index (χ2n) is 4.68. The third-order valence-electron chi connectivity index (χ3n) is 2.60. The topological polar surface area (TPSA) is 55.1 Å². The maximum absolute atomic E-state index is 13.4. The van der Waals surface area contributed by atoms with Gasteiger partial charge in [-0.1, -0.05) is 13.8 Å². The molecule has 0 heterocycles. The molecule has 100 valence electrons. The van der Waals surface area contributed by atoms with Gasteiger partial charge in [-0.25, -0.2) is 8.78 Å². The summed E-state index contributed by atoms with van der Waals surface area (Å²) in [6.07, 6.45) is 0.630. The molecule has 1 unspecified atom stereocenters. The Morgan fingerprint density at radius 3 is 2.56 bits per heavy atom. The first-order valence-electron chi connectivity index (χ1n) is 5.90. The number of carbonyl (C=O) groups is 1. The summed E-state index contributed by atoms with van der Waals surface area (Å²) in [5, 5.41) is 2.43. The average Bonchev–Trinajstić information content (AvgIpc) is 2.29. The number of anilines is 1. The van der Waals surface area contributed by atoms with Gasteiger partial charge < -0.3 is 11.1 Å². The summed E-state index contributed by atoms with van der Waals surface area (Å²) in [6.45, 7) is 4.16. The monoisotopic (exact) mass is 256 g/mol. The smallest absolute Gasteiger partial charge is 0.228 e. The van der Waals surface area contributed by atoms with Gasteiger partial charge in [-0.2, -0.15) is 0 Å². The van der Waals surface area contributed by atoms with Crippen LogP contribution in [0, 0.1) is 23.5 Å². The van der Waals surface area contributed by atoms with Crippen molar-refractivity contribution in [3.05, 3.63) is 29.8 Å². The van der Waals surface area contributed by atoms with Gasteiger partial charge >= 0.3 is 0 Å². The van der Waals surface area contributed by atoms with Crippen molar-refractivity contribution in [3.63, 3.8) is 0 Å². The quantitative estimate of drug-likeness (QED) is 0.850. The number of amides is 1. The Bertz CT molecular complexity index is 421. The molecule has 0 spiro atoms. The molecule has 0 fully saturated rings. The van der Waals surface area contributed by atoms with Gasteiger partial charge in [0.2, 0.25) is 5.91 Å². The van der Waals surface area contributed by atoms with E-state index >= 15 is 0 Å². The Balaban J connectivity index is 2.73. The van der Waals surface area contributed by atoms with Gasteiger partial charge in [0.1, 0.15) is 11.6 Å². The van der Waals surface area contributed by atoms with E-state index < -0.39 is 11.6 Å². The maximum Gasteiger partial charge on any atom is 0.228 e. The minimum Gasteiger partial charge on any atom is -0.330 e. The summed E-state index contributed by atoms with van der Waals surface area (Å²) in [4.78, 5) is 11.9. The van der Waals surface area contributed by atoms with Crippen molar-refractivity contribution in [1.82, 2.24) is 0 Å². The van der Waals surface area contributed by atoms with Gasteiger partial charge in [0, 0.05) is 12.6 Å². The van der Waals surface area contributed by atoms with Crippen molar-refractivity contribution < 1.29 is 13.6 Å². The molecular weight excluding hydrogens is 238 g/mol. The fourth-order valence-electron chi connectivity index (χ4n) is 1.70. The van der Waals surface area contributed by atoms with E-state index in [0.29, 0.717) is 12.3 Å². The van der Waals surface area contributed by atoms with Crippen molar-refractivity contribution in [1.29, 1.82) is 0 Å². The lowest BCUT2D eigenvalue weighted by Crippen LogP contribution is -2.30. The SMILES string of the molecule is CC(C)CC(CN)C(=O)Nc1ccc(F)cc1F. The largest absolute Gasteiger partial charge is 0.330 e. The minimum absolute atomic E-state index is 0.0244. The van der Waals surface area contributed by atoms with Crippen molar-refractivity contribution in [2.24, 2.45) is 17.6 Å². The van der Waals surface area contributed by atoms with E-state index in [9.17, 15) is 13.6 Å². The summed E-state index contributed by atoms with van der Waals surface area (Å²) in [7, 11) is 0. The molecule has 0 radical (unpaired) electrons. The molecule has 0 aromatic heterocycles. The van der Waals surface area contributed by atoms with Crippen molar-refractivity contribution in [2.45, 2.75) is 20.3 Å². The normalized spacial score (nSPS) is 12.6. The number of rotatable bonds is 5. The van der Waals surface area contributed by atoms with Crippen LogP contribution in [0.15, 0.2) is 18.2 Å². The molecule has 0 aliphatic rings. The van der Waals surface area contributed by atoms with Crippen LogP contribution < -0.4 is 11.1 Å². The molecule has 5 heteroatoms. The molecule has 1 amide bonds. The summed E-state index contributed by atoms with van der Waals surface area (Å²) >= 11 is 0. The van der Waals surface area contributed by atoms with Gasteiger partial charge in [0.15, 0.2) is 0 Å². The molecule has 1 atom stereocenters. The Labute approximate surface area is 105 Å². The Hall–Kier alpha value is -1.49. The van der Waals surface area contributed by atoms with Crippen LogP contribution in [0.25, 0.3) is 0 Å². The zero-order chi connectivity index (χ0) is 13.7. The number of nitrogens with two attached hydrogens (primary N) is 1. The molecule has 1 aromatic carbocycles. The van der Waals surface area contributed by atoms with Gasteiger partial charge in [-0.05, 0) is 24.5 Å². The van der Waals surface area contributed by atoms with E-state index in [1.54, 1.807) is 0 Å². The molecule has 1 aromatic rings. The number of carbonyl (C=O) groups excluding carboxylic acids is 1. The first-order valence-corrected chi connectivity index (χ1v) is 5.90. The highest BCUT2D eigenvalue weighted by atomic mass is 19.1. The van der Waals surface area contributed by atoms with E-state index in [-0.39, 0.29) is 24.1 Å². The first kappa shape index (κ1) is 14.6. The predicted molar refractivity (Wildman–Crippen MR) is 67.0 cm³/mol. The first-order chi connectivity index (χ1) is 8.43. The van der Waals surface area contributed by atoms with E-state index in [1.807, 2.05) is 13.8 Å². The highest BCUT2D eigenvalue weighted by molar-refractivity contribution is 5.92. The highest BCUT2D eigenvalue weighted by Gasteiger charge is 2.19. The summed E-state index contributed by atoms with van der Waals surface area (Å²) < 4.78 is 26.1. The second-order valence-corrected chi connectivity index (χ2v) is 4.68. The Morgan fingerprint density at radius 1 is 1.39 bits per heavy atom. The van der Waals surface area contributed by atoms with E-state index in [4.69, 9.17) is 5.73 Å². The number of hydrogen-bond acceptors (Lipinski definition) is 2. The summed E-state index contributed by atoms with van der Waals surface area (Å²) in [6, 6.07) is 3.03. The highest BCUT2D eigenvalue weighted by Crippen LogP contribution is 2.18. The Kier molecular flexibility index (Phi) is 5.22. The third kappa shape index (κ3) is 4.07. The van der Waals surface area contributed by atoms with Crippen molar-refractivity contribution >= 4 is 11.6 Å².